The highest BCUT2D eigenvalue weighted by Gasteiger charge is 2.26. The van der Waals surface area contributed by atoms with Gasteiger partial charge < -0.3 is 11.1 Å². The monoisotopic (exact) mass is 352 g/mol. The van der Waals surface area contributed by atoms with Gasteiger partial charge in [0.1, 0.15) is 0 Å². The minimum atomic E-state index is -3.04. The molecule has 3 N–H and O–H groups in total. The number of carbonyl (C=O) groups excluding carboxylic acids is 1. The van der Waals surface area contributed by atoms with E-state index in [0.29, 0.717) is 5.75 Å². The van der Waals surface area contributed by atoms with Crippen LogP contribution in [0.15, 0.2) is 33.6 Å². The molecule has 0 aliphatic heterocycles. The largest absolute Gasteiger partial charge is 0.350 e. The number of hydrogen-bond acceptors (Lipinski definition) is 3. The van der Waals surface area contributed by atoms with Crippen molar-refractivity contribution in [1.29, 1.82) is 0 Å². The Balaban J connectivity index is 2.26. The van der Waals surface area contributed by atoms with Crippen LogP contribution in [0.3, 0.4) is 0 Å². The highest BCUT2D eigenvalue weighted by atomic mass is 79.9. The number of hydrogen-bond donors (Lipinski definition) is 2. The summed E-state index contributed by atoms with van der Waals surface area (Å²) in [6, 6.07) is 7.63. The van der Waals surface area contributed by atoms with Gasteiger partial charge in [0.15, 0.2) is 0 Å². The van der Waals surface area contributed by atoms with Crippen molar-refractivity contribution < 1.29 is 13.6 Å². The highest BCUT2D eigenvalue weighted by Crippen LogP contribution is 2.27. The van der Waals surface area contributed by atoms with E-state index in [0.717, 1.165) is 9.37 Å². The average molecular weight is 353 g/mol. The molecular formula is C12H15BrF2N2OS. The third kappa shape index (κ3) is 6.35. The van der Waals surface area contributed by atoms with Crippen molar-refractivity contribution in [3.8, 4) is 0 Å². The Morgan fingerprint density at radius 2 is 2.11 bits per heavy atom. The minimum absolute atomic E-state index is 0.187. The standard InChI is InChI=1S/C12H15BrF2N2OS/c13-9-3-1-2-4-10(9)19-6-5-11(18)17-8-12(14,15)7-16/h1-4H,5-8,16H2,(H,17,18). The summed E-state index contributed by atoms with van der Waals surface area (Å²) < 4.78 is 26.6. The van der Waals surface area contributed by atoms with E-state index >= 15 is 0 Å². The zero-order valence-electron chi connectivity index (χ0n) is 10.2. The molecule has 0 heterocycles. The molecule has 1 amide bonds. The zero-order chi connectivity index (χ0) is 14.3. The molecule has 3 nitrogen and oxygen atoms in total. The number of amides is 1. The molecule has 19 heavy (non-hydrogen) atoms. The van der Waals surface area contributed by atoms with Crippen LogP contribution < -0.4 is 11.1 Å². The summed E-state index contributed by atoms with van der Waals surface area (Å²) in [5, 5.41) is 2.18. The summed E-state index contributed by atoms with van der Waals surface area (Å²) in [5.41, 5.74) is 4.87. The lowest BCUT2D eigenvalue weighted by atomic mass is 10.3. The van der Waals surface area contributed by atoms with Crippen molar-refractivity contribution >= 4 is 33.6 Å². The predicted molar refractivity (Wildman–Crippen MR) is 76.5 cm³/mol. The van der Waals surface area contributed by atoms with Gasteiger partial charge in [-0.05, 0) is 28.1 Å². The van der Waals surface area contributed by atoms with Crippen LogP contribution >= 0.6 is 27.7 Å². The zero-order valence-corrected chi connectivity index (χ0v) is 12.6. The molecule has 7 heteroatoms. The summed E-state index contributed by atoms with van der Waals surface area (Å²) in [5.74, 6) is -2.90. The van der Waals surface area contributed by atoms with E-state index in [4.69, 9.17) is 5.73 Å². The van der Waals surface area contributed by atoms with E-state index in [1.54, 1.807) is 0 Å². The van der Waals surface area contributed by atoms with Crippen LogP contribution in [0.1, 0.15) is 6.42 Å². The van der Waals surface area contributed by atoms with E-state index in [1.165, 1.54) is 11.8 Å². The fourth-order valence-corrected chi connectivity index (χ4v) is 2.72. The fraction of sp³-hybridized carbons (Fsp3) is 0.417. The van der Waals surface area contributed by atoms with Gasteiger partial charge in [-0.15, -0.1) is 11.8 Å². The van der Waals surface area contributed by atoms with Crippen molar-refractivity contribution in [2.45, 2.75) is 17.2 Å². The summed E-state index contributed by atoms with van der Waals surface area (Å²) in [6.07, 6.45) is 0.187. The second-order valence-corrected chi connectivity index (χ2v) is 5.86. The summed E-state index contributed by atoms with van der Waals surface area (Å²) >= 11 is 4.89. The van der Waals surface area contributed by atoms with E-state index in [9.17, 15) is 13.6 Å². The van der Waals surface area contributed by atoms with E-state index in [-0.39, 0.29) is 6.42 Å². The number of carbonyl (C=O) groups is 1. The van der Waals surface area contributed by atoms with Crippen molar-refractivity contribution in [1.82, 2.24) is 5.32 Å². The Hall–Kier alpha value is -0.660. The van der Waals surface area contributed by atoms with Crippen molar-refractivity contribution in [2.75, 3.05) is 18.8 Å². The van der Waals surface area contributed by atoms with Gasteiger partial charge in [-0.3, -0.25) is 4.79 Å². The normalized spacial score (nSPS) is 11.4. The number of benzene rings is 1. The van der Waals surface area contributed by atoms with E-state index in [2.05, 4.69) is 21.2 Å². The molecule has 0 radical (unpaired) electrons. The smallest absolute Gasteiger partial charge is 0.277 e. The quantitative estimate of drug-likeness (QED) is 0.741. The Morgan fingerprint density at radius 3 is 2.74 bits per heavy atom. The van der Waals surface area contributed by atoms with Crippen LogP contribution in [0.2, 0.25) is 0 Å². The van der Waals surface area contributed by atoms with Crippen molar-refractivity contribution in [3.63, 3.8) is 0 Å². The third-order valence-electron chi connectivity index (χ3n) is 2.27. The molecule has 0 aliphatic carbocycles. The molecule has 1 aromatic carbocycles. The molecule has 0 atom stereocenters. The molecule has 1 aromatic rings. The first-order valence-corrected chi connectivity index (χ1v) is 7.44. The molecule has 0 spiro atoms. The Morgan fingerprint density at radius 1 is 1.42 bits per heavy atom. The number of nitrogens with two attached hydrogens (primary N) is 1. The highest BCUT2D eigenvalue weighted by molar-refractivity contribution is 9.10. The van der Waals surface area contributed by atoms with Crippen LogP contribution in [-0.4, -0.2) is 30.7 Å². The lowest BCUT2D eigenvalue weighted by Gasteiger charge is -2.14. The topological polar surface area (TPSA) is 55.1 Å². The number of nitrogens with one attached hydrogen (secondary N) is 1. The molecule has 1 rings (SSSR count). The van der Waals surface area contributed by atoms with Gasteiger partial charge in [-0.25, -0.2) is 8.78 Å². The summed E-state index contributed by atoms with van der Waals surface area (Å²) in [4.78, 5) is 12.4. The SMILES string of the molecule is NCC(F)(F)CNC(=O)CCSc1ccccc1Br. The molecule has 0 fully saturated rings. The molecule has 0 aliphatic rings. The molecule has 0 saturated carbocycles. The average Bonchev–Trinajstić information content (AvgIpc) is 2.39. The summed E-state index contributed by atoms with van der Waals surface area (Å²) in [6.45, 7) is -1.47. The van der Waals surface area contributed by atoms with Crippen LogP contribution in [-0.2, 0) is 4.79 Å². The first-order valence-electron chi connectivity index (χ1n) is 5.66. The summed E-state index contributed by atoms with van der Waals surface area (Å²) in [7, 11) is 0. The Bertz CT molecular complexity index is 432. The van der Waals surface area contributed by atoms with Gasteiger partial charge >= 0.3 is 0 Å². The van der Waals surface area contributed by atoms with E-state index in [1.807, 2.05) is 24.3 Å². The maximum atomic E-state index is 12.8. The minimum Gasteiger partial charge on any atom is -0.350 e. The molecular weight excluding hydrogens is 338 g/mol. The van der Waals surface area contributed by atoms with Crippen molar-refractivity contribution in [3.05, 3.63) is 28.7 Å². The maximum Gasteiger partial charge on any atom is 0.277 e. The van der Waals surface area contributed by atoms with Gasteiger partial charge in [-0.2, -0.15) is 0 Å². The number of alkyl halides is 2. The second kappa shape index (κ2) is 7.81. The van der Waals surface area contributed by atoms with Crippen LogP contribution in [0.5, 0.6) is 0 Å². The van der Waals surface area contributed by atoms with E-state index < -0.39 is 24.9 Å². The first kappa shape index (κ1) is 16.4. The van der Waals surface area contributed by atoms with Crippen molar-refractivity contribution in [2.24, 2.45) is 5.73 Å². The molecule has 0 bridgehead atoms. The number of thioether (sulfide) groups is 1. The number of rotatable bonds is 7. The van der Waals surface area contributed by atoms with Gasteiger partial charge in [0, 0.05) is 21.5 Å². The lowest BCUT2D eigenvalue weighted by Crippen LogP contribution is -2.41. The molecule has 0 unspecified atom stereocenters. The van der Waals surface area contributed by atoms with Gasteiger partial charge in [0.25, 0.3) is 5.92 Å². The number of halogens is 3. The van der Waals surface area contributed by atoms with Crippen LogP contribution in [0.4, 0.5) is 8.78 Å². The molecule has 0 aromatic heterocycles. The van der Waals surface area contributed by atoms with Crippen LogP contribution in [0.25, 0.3) is 0 Å². The molecule has 106 valence electrons. The van der Waals surface area contributed by atoms with Gasteiger partial charge in [0.05, 0.1) is 13.1 Å². The second-order valence-electron chi connectivity index (χ2n) is 3.87. The third-order valence-corrected chi connectivity index (χ3v) is 4.30. The lowest BCUT2D eigenvalue weighted by molar-refractivity contribution is -0.122. The maximum absolute atomic E-state index is 12.8. The fourth-order valence-electron chi connectivity index (χ4n) is 1.20. The predicted octanol–water partition coefficient (Wildman–Crippen LogP) is 2.64. The van der Waals surface area contributed by atoms with Gasteiger partial charge in [-0.1, -0.05) is 12.1 Å². The first-order chi connectivity index (χ1) is 8.94. The Kier molecular flexibility index (Phi) is 6.74. The Labute approximate surface area is 123 Å². The van der Waals surface area contributed by atoms with Gasteiger partial charge in [0.2, 0.25) is 5.91 Å². The molecule has 0 saturated heterocycles. The van der Waals surface area contributed by atoms with Crippen LogP contribution in [0, 0.1) is 0 Å².